The fourth-order valence-electron chi connectivity index (χ4n) is 3.86. The second kappa shape index (κ2) is 10.1. The molecule has 8 nitrogen and oxygen atoms in total. The van der Waals surface area contributed by atoms with Crippen molar-refractivity contribution in [2.45, 2.75) is 51.0 Å². The van der Waals surface area contributed by atoms with Gasteiger partial charge in [0.1, 0.15) is 5.56 Å². The molecule has 1 N–H and O–H groups in total. The van der Waals surface area contributed by atoms with Gasteiger partial charge in [0, 0.05) is 44.9 Å². The number of pyridine rings is 1. The van der Waals surface area contributed by atoms with Crippen molar-refractivity contribution in [3.8, 4) is 0 Å². The third-order valence-electron chi connectivity index (χ3n) is 5.84. The maximum absolute atomic E-state index is 13.1. The van der Waals surface area contributed by atoms with Gasteiger partial charge in [-0.15, -0.1) is 0 Å². The Hall–Kier alpha value is -2.23. The smallest absolute Gasteiger partial charge is 0.256 e. The molecule has 32 heavy (non-hydrogen) atoms. The molecule has 0 atom stereocenters. The molecule has 1 aliphatic rings. The zero-order chi connectivity index (χ0) is 23.5. The molecule has 1 fully saturated rings. The van der Waals surface area contributed by atoms with E-state index in [1.54, 1.807) is 17.7 Å². The van der Waals surface area contributed by atoms with E-state index in [1.807, 2.05) is 13.8 Å². The zero-order valence-corrected chi connectivity index (χ0v) is 20.1. The van der Waals surface area contributed by atoms with Gasteiger partial charge in [-0.25, -0.2) is 8.42 Å². The largest absolute Gasteiger partial charge is 0.379 e. The molecule has 1 aliphatic heterocycles. The first kappa shape index (κ1) is 24.4. The molecule has 1 aromatic heterocycles. The molecular weight excluding hydrogens is 430 g/mol. The Labute approximate surface area is 189 Å². The fraction of sp³-hybridized carbons (Fsp3) is 0.565. The van der Waals surface area contributed by atoms with Crippen molar-refractivity contribution in [1.82, 2.24) is 14.2 Å². The third-order valence-corrected chi connectivity index (χ3v) is 7.74. The van der Waals surface area contributed by atoms with Crippen molar-refractivity contribution in [1.29, 1.82) is 0 Å². The number of rotatable bonds is 8. The maximum atomic E-state index is 13.1. The Morgan fingerprint density at radius 2 is 1.94 bits per heavy atom. The molecule has 2 aromatic rings. The van der Waals surface area contributed by atoms with Crippen LogP contribution in [0.25, 0.3) is 10.9 Å². The summed E-state index contributed by atoms with van der Waals surface area (Å²) in [7, 11) is -1.97. The molecule has 0 radical (unpaired) electrons. The van der Waals surface area contributed by atoms with Crippen LogP contribution in [-0.2, 0) is 21.8 Å². The van der Waals surface area contributed by atoms with Crippen LogP contribution in [0.2, 0.25) is 0 Å². The van der Waals surface area contributed by atoms with E-state index < -0.39 is 21.4 Å². The van der Waals surface area contributed by atoms with E-state index in [4.69, 9.17) is 4.74 Å². The van der Waals surface area contributed by atoms with Crippen molar-refractivity contribution >= 4 is 26.8 Å². The number of carbonyl (C=O) groups is 1. The van der Waals surface area contributed by atoms with Crippen LogP contribution in [0.15, 0.2) is 34.1 Å². The van der Waals surface area contributed by atoms with Gasteiger partial charge in [-0.1, -0.05) is 6.92 Å². The first-order valence-corrected chi connectivity index (χ1v) is 12.6. The lowest BCUT2D eigenvalue weighted by Gasteiger charge is -2.29. The van der Waals surface area contributed by atoms with Gasteiger partial charge in [0.25, 0.3) is 5.91 Å². The molecule has 1 amide bonds. The number of sulfonamides is 1. The summed E-state index contributed by atoms with van der Waals surface area (Å²) in [5.41, 5.74) is 0.0903. The van der Waals surface area contributed by atoms with Gasteiger partial charge in [0.2, 0.25) is 15.5 Å². The summed E-state index contributed by atoms with van der Waals surface area (Å²) in [6.45, 7) is 7.85. The first-order valence-electron chi connectivity index (χ1n) is 11.1. The van der Waals surface area contributed by atoms with E-state index in [2.05, 4.69) is 12.2 Å². The highest BCUT2D eigenvalue weighted by atomic mass is 32.2. The van der Waals surface area contributed by atoms with Crippen LogP contribution in [0.5, 0.6) is 0 Å². The third kappa shape index (κ3) is 5.39. The van der Waals surface area contributed by atoms with Crippen LogP contribution in [0.3, 0.4) is 0 Å². The van der Waals surface area contributed by atoms with Crippen LogP contribution in [0.4, 0.5) is 0 Å². The second-order valence-electron chi connectivity index (χ2n) is 8.78. The summed E-state index contributed by atoms with van der Waals surface area (Å²) in [4.78, 5) is 25.8. The number of piperidine rings is 1. The predicted molar refractivity (Wildman–Crippen MR) is 124 cm³/mol. The zero-order valence-electron chi connectivity index (χ0n) is 19.3. The lowest BCUT2D eigenvalue weighted by molar-refractivity contribution is 0.0757. The quantitative estimate of drug-likeness (QED) is 0.607. The van der Waals surface area contributed by atoms with Crippen LogP contribution >= 0.6 is 0 Å². The number of ether oxygens (including phenoxy) is 1. The van der Waals surface area contributed by atoms with Crippen LogP contribution in [-0.4, -0.2) is 55.5 Å². The standard InChI is InChI=1S/C23H33N3O5S/c1-16(2)31-13-5-10-24-23(28)20-15-25(4)21-7-6-18(14-19(21)22(20)27)32(29,30)26-11-8-17(3)9-12-26/h6-7,14-17H,5,8-13H2,1-4H3,(H,24,28). The lowest BCUT2D eigenvalue weighted by Crippen LogP contribution is -2.38. The molecular formula is C23H33N3O5S. The van der Waals surface area contributed by atoms with Gasteiger partial charge in [-0.2, -0.15) is 4.31 Å². The van der Waals surface area contributed by atoms with E-state index in [0.717, 1.165) is 12.8 Å². The Balaban J connectivity index is 1.86. The summed E-state index contributed by atoms with van der Waals surface area (Å²) in [5.74, 6) is 0.0266. The molecule has 9 heteroatoms. The minimum absolute atomic E-state index is 0.00822. The average molecular weight is 464 g/mol. The number of benzene rings is 1. The summed E-state index contributed by atoms with van der Waals surface area (Å²) in [6.07, 6.45) is 3.89. The molecule has 1 aromatic carbocycles. The second-order valence-corrected chi connectivity index (χ2v) is 10.7. The summed E-state index contributed by atoms with van der Waals surface area (Å²) in [6, 6.07) is 4.56. The Bertz CT molecular complexity index is 1130. The van der Waals surface area contributed by atoms with E-state index in [1.165, 1.54) is 22.6 Å². The predicted octanol–water partition coefficient (Wildman–Crippen LogP) is 2.50. The summed E-state index contributed by atoms with van der Waals surface area (Å²) in [5, 5.41) is 2.96. The first-order chi connectivity index (χ1) is 15.1. The monoisotopic (exact) mass is 463 g/mol. The number of fused-ring (bicyclic) bond motifs is 1. The van der Waals surface area contributed by atoms with E-state index in [-0.39, 0.29) is 21.9 Å². The van der Waals surface area contributed by atoms with Gasteiger partial charge >= 0.3 is 0 Å². The van der Waals surface area contributed by atoms with Gasteiger partial charge in [0.15, 0.2) is 0 Å². The molecule has 0 unspecified atom stereocenters. The minimum atomic E-state index is -3.70. The number of hydrogen-bond acceptors (Lipinski definition) is 5. The van der Waals surface area contributed by atoms with Crippen molar-refractivity contribution < 1.29 is 17.9 Å². The van der Waals surface area contributed by atoms with E-state index in [9.17, 15) is 18.0 Å². The molecule has 0 bridgehead atoms. The number of aromatic nitrogens is 1. The lowest BCUT2D eigenvalue weighted by atomic mass is 10.0. The molecule has 0 spiro atoms. The van der Waals surface area contributed by atoms with Gasteiger partial charge in [-0.05, 0) is 57.2 Å². The van der Waals surface area contributed by atoms with Gasteiger partial charge in [0.05, 0.1) is 16.5 Å². The number of amides is 1. The SMILES string of the molecule is CC1CCN(S(=O)(=O)c2ccc3c(c2)c(=O)c(C(=O)NCCCOC(C)C)cn3C)CC1. The number of nitrogens with one attached hydrogen (secondary N) is 1. The number of hydrogen-bond donors (Lipinski definition) is 1. The Morgan fingerprint density at radius 3 is 2.59 bits per heavy atom. The minimum Gasteiger partial charge on any atom is -0.379 e. The van der Waals surface area contributed by atoms with Crippen LogP contribution < -0.4 is 10.7 Å². The van der Waals surface area contributed by atoms with E-state index >= 15 is 0 Å². The Kier molecular flexibility index (Phi) is 7.74. The average Bonchev–Trinajstić information content (AvgIpc) is 2.75. The summed E-state index contributed by atoms with van der Waals surface area (Å²) < 4.78 is 34.9. The van der Waals surface area contributed by atoms with Crippen LogP contribution in [0, 0.1) is 5.92 Å². The molecule has 1 saturated heterocycles. The molecule has 176 valence electrons. The van der Waals surface area contributed by atoms with Crippen molar-refractivity contribution in [2.75, 3.05) is 26.2 Å². The number of nitrogens with zero attached hydrogens (tertiary/aromatic N) is 2. The molecule has 3 rings (SSSR count). The summed E-state index contributed by atoms with van der Waals surface area (Å²) >= 11 is 0. The van der Waals surface area contributed by atoms with Crippen molar-refractivity contribution in [3.63, 3.8) is 0 Å². The maximum Gasteiger partial charge on any atom is 0.256 e. The Morgan fingerprint density at radius 1 is 1.25 bits per heavy atom. The molecule has 2 heterocycles. The van der Waals surface area contributed by atoms with Gasteiger partial charge < -0.3 is 14.6 Å². The number of aryl methyl sites for hydroxylation is 1. The highest BCUT2D eigenvalue weighted by Gasteiger charge is 2.28. The van der Waals surface area contributed by atoms with Crippen LogP contribution in [0.1, 0.15) is 50.4 Å². The fourth-order valence-corrected chi connectivity index (χ4v) is 5.35. The normalized spacial score (nSPS) is 16.0. The highest BCUT2D eigenvalue weighted by molar-refractivity contribution is 7.89. The van der Waals surface area contributed by atoms with E-state index in [0.29, 0.717) is 44.1 Å². The number of carbonyl (C=O) groups excluding carboxylic acids is 1. The highest BCUT2D eigenvalue weighted by Crippen LogP contribution is 2.25. The van der Waals surface area contributed by atoms with Crippen molar-refractivity contribution in [3.05, 3.63) is 40.2 Å². The van der Waals surface area contributed by atoms with Crippen molar-refractivity contribution in [2.24, 2.45) is 13.0 Å². The topological polar surface area (TPSA) is 97.7 Å². The molecule has 0 saturated carbocycles. The van der Waals surface area contributed by atoms with Gasteiger partial charge in [-0.3, -0.25) is 9.59 Å². The molecule has 0 aliphatic carbocycles.